The van der Waals surface area contributed by atoms with Crippen LogP contribution in [0.5, 0.6) is 0 Å². The molecule has 1 aromatic rings. The number of esters is 1. The van der Waals surface area contributed by atoms with Crippen molar-refractivity contribution in [2.24, 2.45) is 0 Å². The van der Waals surface area contributed by atoms with E-state index in [1.807, 2.05) is 0 Å². The second kappa shape index (κ2) is 7.63. The zero-order chi connectivity index (χ0) is 17.9. The molecule has 1 aliphatic heterocycles. The van der Waals surface area contributed by atoms with Crippen molar-refractivity contribution in [3.63, 3.8) is 0 Å². The summed E-state index contributed by atoms with van der Waals surface area (Å²) in [5.41, 5.74) is 0.518. The van der Waals surface area contributed by atoms with E-state index in [1.165, 1.54) is 37.3 Å². The molecular formula is C16H18ClFN2O4. The lowest BCUT2D eigenvalue weighted by atomic mass is 9.94. The Morgan fingerprint density at radius 2 is 2.12 bits per heavy atom. The van der Waals surface area contributed by atoms with Crippen LogP contribution in [0.3, 0.4) is 0 Å². The summed E-state index contributed by atoms with van der Waals surface area (Å²) in [5.74, 6) is -1.28. The molecule has 0 aromatic heterocycles. The number of carbonyl (C=O) groups excluding carboxylic acids is 2. The average Bonchev–Trinajstić information content (AvgIpc) is 2.52. The van der Waals surface area contributed by atoms with E-state index >= 15 is 0 Å². The number of allylic oxidation sites excluding steroid dienone is 1. The number of urea groups is 1. The highest BCUT2D eigenvalue weighted by molar-refractivity contribution is 6.31. The van der Waals surface area contributed by atoms with Crippen LogP contribution in [0.1, 0.15) is 18.5 Å². The molecule has 0 unspecified atom stereocenters. The molecule has 24 heavy (non-hydrogen) atoms. The minimum Gasteiger partial charge on any atom is -0.460 e. The van der Waals surface area contributed by atoms with Crippen LogP contribution in [-0.4, -0.2) is 44.3 Å². The molecule has 1 aliphatic rings. The summed E-state index contributed by atoms with van der Waals surface area (Å²) in [7, 11) is 2.99. The van der Waals surface area contributed by atoms with Crippen molar-refractivity contribution in [2.45, 2.75) is 13.0 Å². The molecule has 2 rings (SSSR count). The number of carbonyl (C=O) groups is 2. The second-order valence-corrected chi connectivity index (χ2v) is 5.61. The van der Waals surface area contributed by atoms with Gasteiger partial charge >= 0.3 is 12.0 Å². The van der Waals surface area contributed by atoms with Gasteiger partial charge in [0.15, 0.2) is 0 Å². The molecule has 1 N–H and O–H groups in total. The van der Waals surface area contributed by atoms with Gasteiger partial charge in [0.05, 0.1) is 18.2 Å². The van der Waals surface area contributed by atoms with Gasteiger partial charge in [0.1, 0.15) is 12.4 Å². The summed E-state index contributed by atoms with van der Waals surface area (Å²) >= 11 is 6.09. The van der Waals surface area contributed by atoms with Crippen LogP contribution in [0.25, 0.3) is 0 Å². The average molecular weight is 357 g/mol. The number of halogens is 2. The van der Waals surface area contributed by atoms with Gasteiger partial charge in [0.25, 0.3) is 0 Å². The van der Waals surface area contributed by atoms with Gasteiger partial charge in [-0.05, 0) is 19.1 Å². The van der Waals surface area contributed by atoms with Gasteiger partial charge < -0.3 is 19.7 Å². The number of benzene rings is 1. The molecule has 0 saturated carbocycles. The summed E-state index contributed by atoms with van der Waals surface area (Å²) in [6.07, 6.45) is 0. The molecule has 8 heteroatoms. The summed E-state index contributed by atoms with van der Waals surface area (Å²) in [4.78, 5) is 25.8. The van der Waals surface area contributed by atoms with E-state index in [2.05, 4.69) is 5.32 Å². The van der Waals surface area contributed by atoms with Gasteiger partial charge in [-0.25, -0.2) is 14.0 Å². The Balaban J connectivity index is 2.47. The van der Waals surface area contributed by atoms with E-state index in [0.717, 1.165) is 0 Å². The molecule has 130 valence electrons. The minimum atomic E-state index is -1.03. The molecule has 0 fully saturated rings. The minimum absolute atomic E-state index is 0.0265. The topological polar surface area (TPSA) is 67.9 Å². The van der Waals surface area contributed by atoms with E-state index < -0.39 is 23.9 Å². The molecule has 2 amide bonds. The number of hydrogen-bond acceptors (Lipinski definition) is 4. The van der Waals surface area contributed by atoms with E-state index in [4.69, 9.17) is 21.1 Å². The fourth-order valence-electron chi connectivity index (χ4n) is 2.40. The molecule has 1 heterocycles. The first-order valence-corrected chi connectivity index (χ1v) is 7.61. The summed E-state index contributed by atoms with van der Waals surface area (Å²) in [5, 5.41) is 2.70. The van der Waals surface area contributed by atoms with Crippen molar-refractivity contribution in [3.8, 4) is 0 Å². The first-order valence-electron chi connectivity index (χ1n) is 7.23. The number of hydrogen-bond donors (Lipinski definition) is 1. The first-order chi connectivity index (χ1) is 11.4. The molecule has 0 radical (unpaired) electrons. The van der Waals surface area contributed by atoms with E-state index in [-0.39, 0.29) is 29.4 Å². The third kappa shape index (κ3) is 3.52. The van der Waals surface area contributed by atoms with Crippen LogP contribution in [0.2, 0.25) is 5.02 Å². The molecule has 1 atom stereocenters. The number of rotatable bonds is 5. The van der Waals surface area contributed by atoms with Crippen molar-refractivity contribution in [1.29, 1.82) is 0 Å². The lowest BCUT2D eigenvalue weighted by molar-refractivity contribution is -0.140. The number of nitrogens with one attached hydrogen (secondary N) is 1. The highest BCUT2D eigenvalue weighted by Crippen LogP contribution is 2.35. The predicted molar refractivity (Wildman–Crippen MR) is 86.0 cm³/mol. The summed E-state index contributed by atoms with van der Waals surface area (Å²) in [6.45, 7) is 1.86. The number of methoxy groups -OCH3 is 1. The molecular weight excluding hydrogens is 339 g/mol. The smallest absolute Gasteiger partial charge is 0.338 e. The van der Waals surface area contributed by atoms with Crippen molar-refractivity contribution in [2.75, 3.05) is 27.4 Å². The van der Waals surface area contributed by atoms with E-state index in [1.54, 1.807) is 6.92 Å². The SMILES string of the molecule is COCCOC(=O)C1=C(C)N(C)C(=O)N[C@H]1c1c(F)cccc1Cl. The normalized spacial score (nSPS) is 17.8. The zero-order valence-corrected chi connectivity index (χ0v) is 14.3. The van der Waals surface area contributed by atoms with Gasteiger partial charge in [0, 0.05) is 30.4 Å². The third-order valence-electron chi connectivity index (χ3n) is 3.78. The Kier molecular flexibility index (Phi) is 5.80. The van der Waals surface area contributed by atoms with Crippen LogP contribution in [-0.2, 0) is 14.3 Å². The standard InChI is InChI=1S/C16H18ClFN2O4/c1-9-12(15(21)24-8-7-23-3)14(19-16(22)20(9)2)13-10(17)5-4-6-11(13)18/h4-6,14H,7-8H2,1-3H3,(H,19,22)/t14-/m1/s1. The second-order valence-electron chi connectivity index (χ2n) is 5.20. The summed E-state index contributed by atoms with van der Waals surface area (Å²) < 4.78 is 24.3. The maximum atomic E-state index is 14.3. The van der Waals surface area contributed by atoms with Crippen molar-refractivity contribution >= 4 is 23.6 Å². The van der Waals surface area contributed by atoms with Crippen molar-refractivity contribution in [3.05, 3.63) is 45.9 Å². The van der Waals surface area contributed by atoms with Crippen LogP contribution >= 0.6 is 11.6 Å². The molecule has 6 nitrogen and oxygen atoms in total. The highest BCUT2D eigenvalue weighted by atomic mass is 35.5. The van der Waals surface area contributed by atoms with Crippen LogP contribution in [0.15, 0.2) is 29.5 Å². The Morgan fingerprint density at radius 3 is 2.75 bits per heavy atom. The predicted octanol–water partition coefficient (Wildman–Crippen LogP) is 2.64. The van der Waals surface area contributed by atoms with Gasteiger partial charge in [-0.3, -0.25) is 0 Å². The van der Waals surface area contributed by atoms with Crippen molar-refractivity contribution in [1.82, 2.24) is 10.2 Å². The third-order valence-corrected chi connectivity index (χ3v) is 4.11. The number of ether oxygens (including phenoxy) is 2. The first kappa shape index (κ1) is 18.2. The van der Waals surface area contributed by atoms with Gasteiger partial charge in [-0.2, -0.15) is 0 Å². The Hall–Kier alpha value is -2.12. The quantitative estimate of drug-likeness (QED) is 0.650. The maximum Gasteiger partial charge on any atom is 0.338 e. The fourth-order valence-corrected chi connectivity index (χ4v) is 2.67. The monoisotopic (exact) mass is 356 g/mol. The van der Waals surface area contributed by atoms with Crippen LogP contribution in [0.4, 0.5) is 9.18 Å². The van der Waals surface area contributed by atoms with E-state index in [9.17, 15) is 14.0 Å². The lowest BCUT2D eigenvalue weighted by Gasteiger charge is -2.33. The fraction of sp³-hybridized carbons (Fsp3) is 0.375. The van der Waals surface area contributed by atoms with Gasteiger partial charge in [-0.1, -0.05) is 17.7 Å². The Bertz CT molecular complexity index is 672. The van der Waals surface area contributed by atoms with Crippen LogP contribution in [0, 0.1) is 5.82 Å². The van der Waals surface area contributed by atoms with E-state index in [0.29, 0.717) is 5.70 Å². The largest absolute Gasteiger partial charge is 0.460 e. The molecule has 0 aliphatic carbocycles. The van der Waals surface area contributed by atoms with Crippen molar-refractivity contribution < 1.29 is 23.5 Å². The molecule has 1 aromatic carbocycles. The van der Waals surface area contributed by atoms with Gasteiger partial charge in [-0.15, -0.1) is 0 Å². The molecule has 0 bridgehead atoms. The number of nitrogens with zero attached hydrogens (tertiary/aromatic N) is 1. The zero-order valence-electron chi connectivity index (χ0n) is 13.6. The Labute approximate surface area is 144 Å². The maximum absolute atomic E-state index is 14.3. The number of amides is 2. The summed E-state index contributed by atoms with van der Waals surface area (Å²) in [6, 6.07) is 2.66. The molecule has 0 spiro atoms. The Morgan fingerprint density at radius 1 is 1.42 bits per heavy atom. The van der Waals surface area contributed by atoms with Gasteiger partial charge in [0.2, 0.25) is 0 Å². The molecule has 0 saturated heterocycles. The highest BCUT2D eigenvalue weighted by Gasteiger charge is 2.37. The van der Waals surface area contributed by atoms with Crippen LogP contribution < -0.4 is 5.32 Å². The lowest BCUT2D eigenvalue weighted by Crippen LogP contribution is -2.46.